The molecule has 0 spiro atoms. The Bertz CT molecular complexity index is 755. The number of carboxylic acid groups (broad SMARTS) is 1. The van der Waals surface area contributed by atoms with Crippen LogP contribution in [0.25, 0.3) is 0 Å². The molecule has 24 heavy (non-hydrogen) atoms. The number of hydrogen-bond donors (Lipinski definition) is 1. The van der Waals surface area contributed by atoms with Gasteiger partial charge in [0.25, 0.3) is 0 Å². The van der Waals surface area contributed by atoms with Crippen molar-refractivity contribution < 1.29 is 19.4 Å². The molecule has 126 valence electrons. The van der Waals surface area contributed by atoms with Crippen molar-refractivity contribution in [3.63, 3.8) is 0 Å². The monoisotopic (exact) mass is 369 g/mol. The van der Waals surface area contributed by atoms with Gasteiger partial charge in [0.2, 0.25) is 5.90 Å². The lowest BCUT2D eigenvalue weighted by Crippen LogP contribution is -2.46. The summed E-state index contributed by atoms with van der Waals surface area (Å²) in [7, 11) is 0. The van der Waals surface area contributed by atoms with Gasteiger partial charge in [0.05, 0.1) is 10.6 Å². The van der Waals surface area contributed by atoms with Gasteiger partial charge in [-0.3, -0.25) is 0 Å². The first-order chi connectivity index (χ1) is 11.4. The highest BCUT2D eigenvalue weighted by atomic mass is 35.5. The molecule has 1 aromatic carbocycles. The van der Waals surface area contributed by atoms with Crippen molar-refractivity contribution >= 4 is 41.2 Å². The smallest absolute Gasteiger partial charge is 0.407 e. The van der Waals surface area contributed by atoms with Crippen LogP contribution >= 0.6 is 23.2 Å². The molecule has 3 rings (SSSR count). The minimum absolute atomic E-state index is 0.122. The number of rotatable bonds is 2. The maximum Gasteiger partial charge on any atom is 0.407 e. The summed E-state index contributed by atoms with van der Waals surface area (Å²) in [4.78, 5) is 30.2. The molecule has 1 saturated heterocycles. The number of benzene rings is 1. The summed E-state index contributed by atoms with van der Waals surface area (Å²) >= 11 is 11.9. The van der Waals surface area contributed by atoms with E-state index in [0.29, 0.717) is 41.8 Å². The predicted molar refractivity (Wildman–Crippen MR) is 88.3 cm³/mol. The molecule has 2 heterocycles. The van der Waals surface area contributed by atoms with E-state index in [1.807, 2.05) is 4.90 Å². The number of carbonyl (C=O) groups excluding carboxylic acids is 1. The summed E-state index contributed by atoms with van der Waals surface area (Å²) in [6.07, 6.45) is 0.637. The molecule has 0 aromatic heterocycles. The SMILES string of the molecule is O=C1OC(c2ccc(Cl)cc2Cl)=N/C1=C/N1CCN(C(=O)O)CC1. The molecule has 7 nitrogen and oxygen atoms in total. The van der Waals surface area contributed by atoms with Crippen LogP contribution in [-0.2, 0) is 9.53 Å². The van der Waals surface area contributed by atoms with Crippen LogP contribution in [0.15, 0.2) is 35.1 Å². The number of aliphatic imine (C=N–C) groups is 1. The molecule has 0 saturated carbocycles. The minimum atomic E-state index is -0.944. The van der Waals surface area contributed by atoms with Gasteiger partial charge in [-0.1, -0.05) is 23.2 Å². The summed E-state index contributed by atoms with van der Waals surface area (Å²) in [5, 5.41) is 9.74. The molecule has 0 unspecified atom stereocenters. The van der Waals surface area contributed by atoms with Crippen LogP contribution in [0.4, 0.5) is 4.79 Å². The first kappa shape index (κ1) is 16.6. The third-order valence-corrected chi connectivity index (χ3v) is 4.22. The number of hydrogen-bond acceptors (Lipinski definition) is 5. The van der Waals surface area contributed by atoms with Crippen LogP contribution < -0.4 is 0 Å². The molecular weight excluding hydrogens is 357 g/mol. The number of ether oxygens (including phenoxy) is 1. The third-order valence-electron chi connectivity index (χ3n) is 3.67. The zero-order valence-electron chi connectivity index (χ0n) is 12.4. The minimum Gasteiger partial charge on any atom is -0.465 e. The van der Waals surface area contributed by atoms with E-state index < -0.39 is 12.1 Å². The van der Waals surface area contributed by atoms with Crippen LogP contribution in [-0.4, -0.2) is 59.0 Å². The number of esters is 1. The second-order valence-electron chi connectivity index (χ2n) is 5.25. The fraction of sp³-hybridized carbons (Fsp3) is 0.267. The topological polar surface area (TPSA) is 82.4 Å². The van der Waals surface area contributed by atoms with Crippen molar-refractivity contribution in [1.29, 1.82) is 0 Å². The van der Waals surface area contributed by atoms with E-state index >= 15 is 0 Å². The number of cyclic esters (lactones) is 1. The quantitative estimate of drug-likeness (QED) is 0.639. The van der Waals surface area contributed by atoms with Gasteiger partial charge in [0.1, 0.15) is 0 Å². The molecule has 2 aliphatic heterocycles. The number of carbonyl (C=O) groups is 2. The van der Waals surface area contributed by atoms with Gasteiger partial charge in [0.15, 0.2) is 5.70 Å². The molecule has 1 aromatic rings. The fourth-order valence-electron chi connectivity index (χ4n) is 2.39. The molecule has 1 fully saturated rings. The van der Waals surface area contributed by atoms with Gasteiger partial charge in [-0.15, -0.1) is 0 Å². The first-order valence-corrected chi connectivity index (χ1v) is 7.89. The van der Waals surface area contributed by atoms with Crippen LogP contribution in [0.1, 0.15) is 5.56 Å². The van der Waals surface area contributed by atoms with E-state index in [1.54, 1.807) is 24.4 Å². The Balaban J connectivity index is 1.76. The predicted octanol–water partition coefficient (Wildman–Crippen LogP) is 2.43. The van der Waals surface area contributed by atoms with E-state index in [9.17, 15) is 9.59 Å². The van der Waals surface area contributed by atoms with Crippen molar-refractivity contribution in [2.45, 2.75) is 0 Å². The Morgan fingerprint density at radius 2 is 1.96 bits per heavy atom. The lowest BCUT2D eigenvalue weighted by molar-refractivity contribution is -0.130. The maximum atomic E-state index is 12.0. The van der Waals surface area contributed by atoms with E-state index in [0.717, 1.165) is 0 Å². The lowest BCUT2D eigenvalue weighted by Gasteiger charge is -2.32. The highest BCUT2D eigenvalue weighted by Crippen LogP contribution is 2.25. The van der Waals surface area contributed by atoms with Crippen molar-refractivity contribution in [2.75, 3.05) is 26.2 Å². The van der Waals surface area contributed by atoms with Gasteiger partial charge in [-0.2, -0.15) is 0 Å². The van der Waals surface area contributed by atoms with Gasteiger partial charge < -0.3 is 19.6 Å². The summed E-state index contributed by atoms with van der Waals surface area (Å²) < 4.78 is 5.17. The average molecular weight is 370 g/mol. The van der Waals surface area contributed by atoms with Crippen molar-refractivity contribution in [1.82, 2.24) is 9.80 Å². The van der Waals surface area contributed by atoms with Crippen molar-refractivity contribution in [3.8, 4) is 0 Å². The Morgan fingerprint density at radius 1 is 1.25 bits per heavy atom. The average Bonchev–Trinajstić information content (AvgIpc) is 2.88. The Kier molecular flexibility index (Phi) is 4.64. The van der Waals surface area contributed by atoms with Gasteiger partial charge in [-0.25, -0.2) is 14.6 Å². The Hall–Kier alpha value is -2.25. The third kappa shape index (κ3) is 3.47. The largest absolute Gasteiger partial charge is 0.465 e. The summed E-state index contributed by atoms with van der Waals surface area (Å²) in [6.45, 7) is 1.70. The standard InChI is InChI=1S/C15H13Cl2N3O4/c16-9-1-2-10(11(17)7-9)13-18-12(14(21)24-13)8-19-3-5-20(6-4-19)15(22)23/h1-2,7-8H,3-6H2,(H,22,23)/b12-8+. The normalized spacial score (nSPS) is 19.5. The van der Waals surface area contributed by atoms with E-state index in [-0.39, 0.29) is 11.6 Å². The lowest BCUT2D eigenvalue weighted by atomic mass is 10.2. The Morgan fingerprint density at radius 3 is 2.58 bits per heavy atom. The molecule has 1 N–H and O–H groups in total. The highest BCUT2D eigenvalue weighted by molar-refractivity contribution is 6.37. The summed E-state index contributed by atoms with van der Waals surface area (Å²) in [5.41, 5.74) is 0.633. The number of amides is 1. The molecule has 0 bridgehead atoms. The van der Waals surface area contributed by atoms with Crippen LogP contribution in [0.3, 0.4) is 0 Å². The van der Waals surface area contributed by atoms with Gasteiger partial charge in [-0.05, 0) is 18.2 Å². The zero-order chi connectivity index (χ0) is 17.3. The summed E-state index contributed by atoms with van der Waals surface area (Å²) in [6, 6.07) is 4.80. The molecular formula is C15H13Cl2N3O4. The number of halogens is 2. The fourth-order valence-corrected chi connectivity index (χ4v) is 2.88. The van der Waals surface area contributed by atoms with Crippen molar-refractivity contribution in [2.24, 2.45) is 4.99 Å². The molecule has 2 aliphatic rings. The van der Waals surface area contributed by atoms with E-state index in [4.69, 9.17) is 33.0 Å². The molecule has 0 aliphatic carbocycles. The van der Waals surface area contributed by atoms with Gasteiger partial charge >= 0.3 is 12.1 Å². The molecule has 1 amide bonds. The molecule has 9 heteroatoms. The van der Waals surface area contributed by atoms with E-state index in [1.165, 1.54) is 4.90 Å². The van der Waals surface area contributed by atoms with Crippen LogP contribution in [0.5, 0.6) is 0 Å². The zero-order valence-corrected chi connectivity index (χ0v) is 13.9. The van der Waals surface area contributed by atoms with Crippen LogP contribution in [0, 0.1) is 0 Å². The number of piperazine rings is 1. The summed E-state index contributed by atoms with van der Waals surface area (Å²) in [5.74, 6) is -0.450. The second-order valence-corrected chi connectivity index (χ2v) is 6.09. The maximum absolute atomic E-state index is 12.0. The Labute approximate surface area is 147 Å². The second kappa shape index (κ2) is 6.70. The number of nitrogens with zero attached hydrogens (tertiary/aromatic N) is 3. The van der Waals surface area contributed by atoms with Crippen molar-refractivity contribution in [3.05, 3.63) is 45.7 Å². The van der Waals surface area contributed by atoms with Gasteiger partial charge in [0, 0.05) is 37.4 Å². The molecule has 0 radical (unpaired) electrons. The van der Waals surface area contributed by atoms with Crippen LogP contribution in [0.2, 0.25) is 10.0 Å². The first-order valence-electron chi connectivity index (χ1n) is 7.14. The van der Waals surface area contributed by atoms with E-state index in [2.05, 4.69) is 4.99 Å². The molecule has 0 atom stereocenters. The highest BCUT2D eigenvalue weighted by Gasteiger charge is 2.27.